The van der Waals surface area contributed by atoms with E-state index in [0.717, 1.165) is 0 Å². The number of ether oxygens (including phenoxy) is 1. The van der Waals surface area contributed by atoms with E-state index in [1.54, 1.807) is 0 Å². The van der Waals surface area contributed by atoms with E-state index in [9.17, 15) is 0 Å². The van der Waals surface area contributed by atoms with Gasteiger partial charge >= 0.3 is 0 Å². The molecule has 2 atom stereocenters. The van der Waals surface area contributed by atoms with Crippen LogP contribution in [0.4, 0.5) is 0 Å². The van der Waals surface area contributed by atoms with E-state index in [1.807, 2.05) is 0 Å². The third kappa shape index (κ3) is 2.35. The lowest BCUT2D eigenvalue weighted by atomic mass is 9.89. The van der Waals surface area contributed by atoms with Gasteiger partial charge < -0.3 is 4.74 Å². The minimum absolute atomic E-state index is 0.129. The summed E-state index contributed by atoms with van der Waals surface area (Å²) in [6, 6.07) is 8.57. The van der Waals surface area contributed by atoms with Crippen LogP contribution in [-0.2, 0) is 4.74 Å². The van der Waals surface area contributed by atoms with Gasteiger partial charge in [-0.25, -0.2) is 0 Å². The first-order valence-electron chi connectivity index (χ1n) is 5.87. The third-order valence-corrected chi connectivity index (χ3v) is 3.01. The second kappa shape index (κ2) is 4.06. The van der Waals surface area contributed by atoms with Crippen molar-refractivity contribution in [1.29, 1.82) is 0 Å². The van der Waals surface area contributed by atoms with Crippen LogP contribution < -0.4 is 0 Å². The van der Waals surface area contributed by atoms with Gasteiger partial charge in [-0.05, 0) is 17.9 Å². The van der Waals surface area contributed by atoms with Crippen molar-refractivity contribution in [3.63, 3.8) is 0 Å². The van der Waals surface area contributed by atoms with Crippen molar-refractivity contribution in [1.82, 2.24) is 0 Å². The fourth-order valence-corrected chi connectivity index (χ4v) is 1.89. The molecule has 86 valence electrons. The minimum atomic E-state index is 0.129. The van der Waals surface area contributed by atoms with Crippen molar-refractivity contribution < 1.29 is 4.74 Å². The molecule has 0 N–H and O–H groups in total. The lowest BCUT2D eigenvalue weighted by Gasteiger charge is -2.26. The largest absolute Gasteiger partial charge is 0.362 e. The first-order valence-corrected chi connectivity index (χ1v) is 5.87. The lowest BCUT2D eigenvalue weighted by molar-refractivity contribution is -0.00130. The Bertz CT molecular complexity index is 381. The van der Waals surface area contributed by atoms with Crippen LogP contribution in [0, 0.1) is 12.3 Å². The SMILES string of the molecule is Cc1ccc(C2C=CC(C(C)(C)C)O2)cc1. The van der Waals surface area contributed by atoms with Crippen molar-refractivity contribution in [2.75, 3.05) is 0 Å². The summed E-state index contributed by atoms with van der Waals surface area (Å²) in [5.41, 5.74) is 2.71. The van der Waals surface area contributed by atoms with Crippen LogP contribution >= 0.6 is 0 Å². The first kappa shape index (κ1) is 11.4. The molecule has 0 radical (unpaired) electrons. The van der Waals surface area contributed by atoms with Crippen LogP contribution in [0.3, 0.4) is 0 Å². The van der Waals surface area contributed by atoms with Crippen LogP contribution in [0.15, 0.2) is 36.4 Å². The molecule has 1 aliphatic heterocycles. The molecule has 1 heterocycles. The average molecular weight is 216 g/mol. The highest BCUT2D eigenvalue weighted by molar-refractivity contribution is 5.27. The Labute approximate surface area is 98.1 Å². The van der Waals surface area contributed by atoms with Gasteiger partial charge in [0.25, 0.3) is 0 Å². The number of benzene rings is 1. The summed E-state index contributed by atoms with van der Waals surface area (Å²) < 4.78 is 6.04. The van der Waals surface area contributed by atoms with Crippen LogP contribution in [0.1, 0.15) is 38.0 Å². The smallest absolute Gasteiger partial charge is 0.102 e. The molecule has 0 spiro atoms. The molecule has 0 bridgehead atoms. The summed E-state index contributed by atoms with van der Waals surface area (Å²) in [5, 5.41) is 0. The Balaban J connectivity index is 2.10. The van der Waals surface area contributed by atoms with Gasteiger partial charge in [0.05, 0.1) is 6.10 Å². The van der Waals surface area contributed by atoms with Crippen LogP contribution in [0.25, 0.3) is 0 Å². The number of hydrogen-bond donors (Lipinski definition) is 0. The molecule has 0 saturated carbocycles. The maximum atomic E-state index is 6.04. The maximum Gasteiger partial charge on any atom is 0.102 e. The highest BCUT2D eigenvalue weighted by Gasteiger charge is 2.29. The number of hydrogen-bond acceptors (Lipinski definition) is 1. The molecule has 16 heavy (non-hydrogen) atoms. The number of aryl methyl sites for hydroxylation is 1. The monoisotopic (exact) mass is 216 g/mol. The standard InChI is InChI=1S/C15H20O/c1-11-5-7-12(8-6-11)13-9-10-14(16-13)15(2,3)4/h5-10,13-14H,1-4H3. The van der Waals surface area contributed by atoms with Gasteiger partial charge in [-0.3, -0.25) is 0 Å². The average Bonchev–Trinajstić information content (AvgIpc) is 2.67. The minimum Gasteiger partial charge on any atom is -0.362 e. The molecule has 1 heteroatoms. The van der Waals surface area contributed by atoms with Crippen molar-refractivity contribution in [3.8, 4) is 0 Å². The fraction of sp³-hybridized carbons (Fsp3) is 0.467. The summed E-state index contributed by atoms with van der Waals surface area (Å²) in [6.45, 7) is 8.73. The second-order valence-corrected chi connectivity index (χ2v) is 5.64. The van der Waals surface area contributed by atoms with Gasteiger partial charge in [0.2, 0.25) is 0 Å². The summed E-state index contributed by atoms with van der Waals surface area (Å²) in [4.78, 5) is 0. The summed E-state index contributed by atoms with van der Waals surface area (Å²) in [7, 11) is 0. The van der Waals surface area contributed by atoms with Crippen LogP contribution in [0.2, 0.25) is 0 Å². The van der Waals surface area contributed by atoms with Gasteiger partial charge in [-0.2, -0.15) is 0 Å². The molecule has 0 fully saturated rings. The zero-order valence-electron chi connectivity index (χ0n) is 10.5. The second-order valence-electron chi connectivity index (χ2n) is 5.64. The summed E-state index contributed by atoms with van der Waals surface area (Å²) >= 11 is 0. The normalized spacial score (nSPS) is 25.0. The Kier molecular flexibility index (Phi) is 2.90. The zero-order chi connectivity index (χ0) is 11.8. The maximum absolute atomic E-state index is 6.04. The molecule has 0 aromatic heterocycles. The van der Waals surface area contributed by atoms with Crippen LogP contribution in [0.5, 0.6) is 0 Å². The lowest BCUT2D eigenvalue weighted by Crippen LogP contribution is -2.25. The van der Waals surface area contributed by atoms with E-state index in [2.05, 4.69) is 64.1 Å². The molecule has 2 unspecified atom stereocenters. The third-order valence-electron chi connectivity index (χ3n) is 3.01. The van der Waals surface area contributed by atoms with Crippen LogP contribution in [-0.4, -0.2) is 6.10 Å². The summed E-state index contributed by atoms with van der Waals surface area (Å²) in [6.07, 6.45) is 4.70. The van der Waals surface area contributed by atoms with Gasteiger partial charge in [-0.1, -0.05) is 62.8 Å². The number of rotatable bonds is 1. The topological polar surface area (TPSA) is 9.23 Å². The van der Waals surface area contributed by atoms with Crippen molar-refractivity contribution >= 4 is 0 Å². The molecule has 0 amide bonds. The highest BCUT2D eigenvalue weighted by atomic mass is 16.5. The Hall–Kier alpha value is -1.08. The Morgan fingerprint density at radius 1 is 1.00 bits per heavy atom. The van der Waals surface area contributed by atoms with Crippen molar-refractivity contribution in [3.05, 3.63) is 47.5 Å². The van der Waals surface area contributed by atoms with Gasteiger partial charge in [0.1, 0.15) is 6.10 Å². The van der Waals surface area contributed by atoms with Crippen molar-refractivity contribution in [2.24, 2.45) is 5.41 Å². The quantitative estimate of drug-likeness (QED) is 0.644. The van der Waals surface area contributed by atoms with E-state index in [1.165, 1.54) is 11.1 Å². The Morgan fingerprint density at radius 3 is 2.12 bits per heavy atom. The van der Waals surface area contributed by atoms with Crippen molar-refractivity contribution in [2.45, 2.75) is 39.9 Å². The van der Waals surface area contributed by atoms with Gasteiger partial charge in [0, 0.05) is 0 Å². The molecular formula is C15H20O. The first-order chi connectivity index (χ1) is 7.47. The molecular weight excluding hydrogens is 196 g/mol. The zero-order valence-corrected chi connectivity index (χ0v) is 10.5. The molecule has 1 aromatic rings. The van der Waals surface area contributed by atoms with E-state index in [0.29, 0.717) is 0 Å². The molecule has 1 nitrogen and oxygen atoms in total. The highest BCUT2D eigenvalue weighted by Crippen LogP contribution is 2.35. The predicted octanol–water partition coefficient (Wildman–Crippen LogP) is 4.04. The predicted molar refractivity (Wildman–Crippen MR) is 67.4 cm³/mol. The van der Waals surface area contributed by atoms with E-state index < -0.39 is 0 Å². The van der Waals surface area contributed by atoms with Gasteiger partial charge in [-0.15, -0.1) is 0 Å². The molecule has 1 aromatic carbocycles. The summed E-state index contributed by atoms with van der Waals surface area (Å²) in [5.74, 6) is 0. The van der Waals surface area contributed by atoms with E-state index in [4.69, 9.17) is 4.74 Å². The van der Waals surface area contributed by atoms with E-state index >= 15 is 0 Å². The Morgan fingerprint density at radius 2 is 1.62 bits per heavy atom. The molecule has 0 aliphatic carbocycles. The molecule has 2 rings (SSSR count). The van der Waals surface area contributed by atoms with E-state index in [-0.39, 0.29) is 17.6 Å². The fourth-order valence-electron chi connectivity index (χ4n) is 1.89. The molecule has 1 aliphatic rings. The molecule has 0 saturated heterocycles. The van der Waals surface area contributed by atoms with Gasteiger partial charge in [0.15, 0.2) is 0 Å².